The van der Waals surface area contributed by atoms with E-state index in [1.54, 1.807) is 0 Å². The first-order chi connectivity index (χ1) is 5.93. The second kappa shape index (κ2) is 5.85. The number of hydrogen-bond donors (Lipinski definition) is 1. The SMILES string of the molecule is OCC#CCCC1C=CCCC1. The molecule has 0 heterocycles. The Morgan fingerprint density at radius 2 is 2.33 bits per heavy atom. The van der Waals surface area contributed by atoms with Gasteiger partial charge < -0.3 is 5.11 Å². The summed E-state index contributed by atoms with van der Waals surface area (Å²) in [5, 5.41) is 8.42. The number of hydrogen-bond acceptors (Lipinski definition) is 1. The highest BCUT2D eigenvalue weighted by atomic mass is 16.2. The first-order valence-corrected chi connectivity index (χ1v) is 4.66. The zero-order chi connectivity index (χ0) is 8.65. The van der Waals surface area contributed by atoms with Crippen molar-refractivity contribution >= 4 is 0 Å². The Bertz CT molecular complexity index is 195. The van der Waals surface area contributed by atoms with Crippen molar-refractivity contribution in [2.75, 3.05) is 6.61 Å². The lowest BCUT2D eigenvalue weighted by Gasteiger charge is -2.13. The number of aliphatic hydroxyl groups is 1. The molecule has 0 saturated carbocycles. The minimum atomic E-state index is 0.000502. The molecule has 1 N–H and O–H groups in total. The largest absolute Gasteiger partial charge is 0.384 e. The van der Waals surface area contributed by atoms with Gasteiger partial charge in [0.2, 0.25) is 0 Å². The first kappa shape index (κ1) is 9.35. The van der Waals surface area contributed by atoms with E-state index in [0.29, 0.717) is 0 Å². The van der Waals surface area contributed by atoms with E-state index in [1.165, 1.54) is 19.3 Å². The predicted octanol–water partition coefficient (Wildman–Crippen LogP) is 2.12. The van der Waals surface area contributed by atoms with Gasteiger partial charge in [-0.15, -0.1) is 5.92 Å². The van der Waals surface area contributed by atoms with E-state index in [1.807, 2.05) is 0 Å². The van der Waals surface area contributed by atoms with Crippen molar-refractivity contribution in [3.63, 3.8) is 0 Å². The molecule has 0 fully saturated rings. The van der Waals surface area contributed by atoms with Gasteiger partial charge in [0.1, 0.15) is 6.61 Å². The van der Waals surface area contributed by atoms with Crippen LogP contribution >= 0.6 is 0 Å². The van der Waals surface area contributed by atoms with Crippen LogP contribution in [0.1, 0.15) is 32.1 Å². The van der Waals surface area contributed by atoms with E-state index in [4.69, 9.17) is 5.11 Å². The van der Waals surface area contributed by atoms with E-state index in [9.17, 15) is 0 Å². The Kier molecular flexibility index (Phi) is 4.56. The van der Waals surface area contributed by atoms with Crippen LogP contribution in [0.4, 0.5) is 0 Å². The molecule has 1 heteroatoms. The van der Waals surface area contributed by atoms with Gasteiger partial charge >= 0.3 is 0 Å². The van der Waals surface area contributed by atoms with Gasteiger partial charge in [0.05, 0.1) is 0 Å². The lowest BCUT2D eigenvalue weighted by Crippen LogP contribution is -1.99. The lowest BCUT2D eigenvalue weighted by atomic mass is 9.92. The summed E-state index contributed by atoms with van der Waals surface area (Å²) in [6.07, 6.45) is 10.6. The fraction of sp³-hybridized carbons (Fsp3) is 0.636. The third-order valence-corrected chi connectivity index (χ3v) is 2.20. The molecule has 0 aromatic heterocycles. The minimum Gasteiger partial charge on any atom is -0.384 e. The molecule has 66 valence electrons. The molecule has 0 amide bonds. The highest BCUT2D eigenvalue weighted by Crippen LogP contribution is 2.20. The molecule has 1 nitrogen and oxygen atoms in total. The van der Waals surface area contributed by atoms with Crippen LogP contribution in [-0.4, -0.2) is 11.7 Å². The van der Waals surface area contributed by atoms with Crippen LogP contribution in [0.2, 0.25) is 0 Å². The fourth-order valence-corrected chi connectivity index (χ4v) is 1.53. The second-order valence-electron chi connectivity index (χ2n) is 3.17. The zero-order valence-corrected chi connectivity index (χ0v) is 7.42. The van der Waals surface area contributed by atoms with Crippen molar-refractivity contribution in [1.82, 2.24) is 0 Å². The van der Waals surface area contributed by atoms with Crippen molar-refractivity contribution in [3.05, 3.63) is 12.2 Å². The molecule has 12 heavy (non-hydrogen) atoms. The highest BCUT2D eigenvalue weighted by Gasteiger charge is 2.06. The van der Waals surface area contributed by atoms with Gasteiger partial charge in [-0.25, -0.2) is 0 Å². The molecule has 0 aromatic rings. The van der Waals surface area contributed by atoms with Crippen LogP contribution in [-0.2, 0) is 0 Å². The molecule has 0 radical (unpaired) electrons. The lowest BCUT2D eigenvalue weighted by molar-refractivity contribution is 0.350. The van der Waals surface area contributed by atoms with Crippen LogP contribution in [0.15, 0.2) is 12.2 Å². The van der Waals surface area contributed by atoms with Gasteiger partial charge in [0, 0.05) is 6.42 Å². The molecule has 0 spiro atoms. The maximum atomic E-state index is 8.42. The summed E-state index contributed by atoms with van der Waals surface area (Å²) in [5.74, 6) is 6.36. The molecule has 1 aliphatic carbocycles. The average Bonchev–Trinajstić information content (AvgIpc) is 2.14. The summed E-state index contributed by atoms with van der Waals surface area (Å²) in [6.45, 7) is 0.000502. The summed E-state index contributed by atoms with van der Waals surface area (Å²) < 4.78 is 0. The van der Waals surface area contributed by atoms with Crippen LogP contribution in [0.5, 0.6) is 0 Å². The Labute approximate surface area is 74.5 Å². The van der Waals surface area contributed by atoms with Gasteiger partial charge in [0.25, 0.3) is 0 Å². The fourth-order valence-electron chi connectivity index (χ4n) is 1.53. The zero-order valence-electron chi connectivity index (χ0n) is 7.42. The van der Waals surface area contributed by atoms with Crippen molar-refractivity contribution < 1.29 is 5.11 Å². The Morgan fingerprint density at radius 1 is 1.42 bits per heavy atom. The Hall–Kier alpha value is -0.740. The van der Waals surface area contributed by atoms with Gasteiger partial charge in [-0.3, -0.25) is 0 Å². The molecule has 0 bridgehead atoms. The van der Waals surface area contributed by atoms with Crippen molar-refractivity contribution in [2.24, 2.45) is 5.92 Å². The third-order valence-electron chi connectivity index (χ3n) is 2.20. The second-order valence-corrected chi connectivity index (χ2v) is 3.17. The van der Waals surface area contributed by atoms with E-state index in [-0.39, 0.29) is 6.61 Å². The topological polar surface area (TPSA) is 20.2 Å². The number of rotatable bonds is 2. The van der Waals surface area contributed by atoms with Crippen molar-refractivity contribution in [2.45, 2.75) is 32.1 Å². The maximum absolute atomic E-state index is 8.42. The Morgan fingerprint density at radius 3 is 3.00 bits per heavy atom. The van der Waals surface area contributed by atoms with Crippen LogP contribution in [0.25, 0.3) is 0 Å². The van der Waals surface area contributed by atoms with Crippen molar-refractivity contribution in [3.8, 4) is 11.8 Å². The standard InChI is InChI=1S/C11H16O/c12-10-6-2-5-9-11-7-3-1-4-8-11/h3,7,11-12H,1,4-5,8-10H2. The van der Waals surface area contributed by atoms with Gasteiger partial charge in [-0.2, -0.15) is 0 Å². The van der Waals surface area contributed by atoms with E-state index in [0.717, 1.165) is 18.8 Å². The molecule has 0 aliphatic heterocycles. The molecule has 1 atom stereocenters. The van der Waals surface area contributed by atoms with Crippen LogP contribution in [0.3, 0.4) is 0 Å². The van der Waals surface area contributed by atoms with Gasteiger partial charge in [-0.1, -0.05) is 18.1 Å². The molecule has 1 aliphatic rings. The monoisotopic (exact) mass is 164 g/mol. The first-order valence-electron chi connectivity index (χ1n) is 4.66. The van der Waals surface area contributed by atoms with Crippen molar-refractivity contribution in [1.29, 1.82) is 0 Å². The van der Waals surface area contributed by atoms with Crippen LogP contribution in [0, 0.1) is 17.8 Å². The maximum Gasteiger partial charge on any atom is 0.104 e. The summed E-state index contributed by atoms with van der Waals surface area (Å²) in [6, 6.07) is 0. The number of aliphatic hydroxyl groups excluding tert-OH is 1. The molecular formula is C11H16O. The van der Waals surface area contributed by atoms with Crippen LogP contribution < -0.4 is 0 Å². The summed E-state index contributed by atoms with van der Waals surface area (Å²) in [5.41, 5.74) is 0. The van der Waals surface area contributed by atoms with Gasteiger partial charge in [0.15, 0.2) is 0 Å². The number of allylic oxidation sites excluding steroid dienone is 2. The van der Waals surface area contributed by atoms with E-state index < -0.39 is 0 Å². The average molecular weight is 164 g/mol. The highest BCUT2D eigenvalue weighted by molar-refractivity contribution is 5.00. The molecular weight excluding hydrogens is 148 g/mol. The molecule has 1 unspecified atom stereocenters. The predicted molar refractivity (Wildman–Crippen MR) is 50.6 cm³/mol. The van der Waals surface area contributed by atoms with E-state index in [2.05, 4.69) is 24.0 Å². The minimum absolute atomic E-state index is 0.000502. The Balaban J connectivity index is 2.13. The molecule has 1 rings (SSSR count). The molecule has 0 aromatic carbocycles. The molecule has 0 saturated heterocycles. The smallest absolute Gasteiger partial charge is 0.104 e. The summed E-state index contributed by atoms with van der Waals surface area (Å²) in [7, 11) is 0. The third kappa shape index (κ3) is 3.59. The normalized spacial score (nSPS) is 21.6. The summed E-state index contributed by atoms with van der Waals surface area (Å²) >= 11 is 0. The summed E-state index contributed by atoms with van der Waals surface area (Å²) in [4.78, 5) is 0. The van der Waals surface area contributed by atoms with Gasteiger partial charge in [-0.05, 0) is 31.6 Å². The van der Waals surface area contributed by atoms with E-state index >= 15 is 0 Å². The quantitative estimate of drug-likeness (QED) is 0.489.